The summed E-state index contributed by atoms with van der Waals surface area (Å²) in [5.74, 6) is 1.53. The first-order chi connectivity index (χ1) is 9.20. The van der Waals surface area contributed by atoms with E-state index in [0.29, 0.717) is 6.04 Å². The summed E-state index contributed by atoms with van der Waals surface area (Å²) >= 11 is 0. The Morgan fingerprint density at radius 2 is 1.68 bits per heavy atom. The van der Waals surface area contributed by atoms with Crippen molar-refractivity contribution in [2.24, 2.45) is 0 Å². The van der Waals surface area contributed by atoms with Crippen LogP contribution in [-0.2, 0) is 13.0 Å². The van der Waals surface area contributed by atoms with Crippen molar-refractivity contribution >= 4 is 0 Å². The van der Waals surface area contributed by atoms with Gasteiger partial charge in [-0.15, -0.1) is 0 Å². The molecule has 1 aromatic rings. The SMILES string of the molecule is CCCCCC[n+]1ccn(C(C)C)c1CCCCC. The van der Waals surface area contributed by atoms with E-state index < -0.39 is 0 Å². The highest BCUT2D eigenvalue weighted by Gasteiger charge is 2.18. The number of rotatable bonds is 10. The maximum absolute atomic E-state index is 2.49. The third-order valence-corrected chi connectivity index (χ3v) is 3.85. The minimum Gasteiger partial charge on any atom is -0.234 e. The van der Waals surface area contributed by atoms with E-state index in [1.165, 1.54) is 63.7 Å². The molecule has 2 heteroatoms. The largest absolute Gasteiger partial charge is 0.256 e. The van der Waals surface area contributed by atoms with Gasteiger partial charge in [0, 0.05) is 6.42 Å². The quantitative estimate of drug-likeness (QED) is 0.429. The van der Waals surface area contributed by atoms with Crippen LogP contribution < -0.4 is 4.57 Å². The molecule has 1 rings (SSSR count). The van der Waals surface area contributed by atoms with Crippen molar-refractivity contribution in [2.75, 3.05) is 0 Å². The fourth-order valence-electron chi connectivity index (χ4n) is 2.66. The Morgan fingerprint density at radius 1 is 1.00 bits per heavy atom. The molecule has 0 saturated heterocycles. The van der Waals surface area contributed by atoms with Gasteiger partial charge in [0.05, 0.1) is 12.6 Å². The van der Waals surface area contributed by atoms with Crippen molar-refractivity contribution in [1.82, 2.24) is 4.57 Å². The van der Waals surface area contributed by atoms with Gasteiger partial charge in [-0.1, -0.05) is 39.5 Å². The van der Waals surface area contributed by atoms with Gasteiger partial charge in [-0.25, -0.2) is 9.13 Å². The lowest BCUT2D eigenvalue weighted by Gasteiger charge is -2.07. The van der Waals surface area contributed by atoms with Gasteiger partial charge in [0.15, 0.2) is 0 Å². The summed E-state index contributed by atoms with van der Waals surface area (Å²) in [4.78, 5) is 0. The van der Waals surface area contributed by atoms with Crippen LogP contribution >= 0.6 is 0 Å². The van der Waals surface area contributed by atoms with Crippen LogP contribution in [0, 0.1) is 0 Å². The molecule has 0 aliphatic heterocycles. The van der Waals surface area contributed by atoms with E-state index in [-0.39, 0.29) is 0 Å². The summed E-state index contributed by atoms with van der Waals surface area (Å²) in [6.45, 7) is 10.3. The van der Waals surface area contributed by atoms with Crippen LogP contribution in [0.4, 0.5) is 0 Å². The summed E-state index contributed by atoms with van der Waals surface area (Å²) < 4.78 is 4.95. The highest BCUT2D eigenvalue weighted by atomic mass is 15.2. The summed E-state index contributed by atoms with van der Waals surface area (Å²) in [6, 6.07) is 0.577. The topological polar surface area (TPSA) is 8.81 Å². The number of aryl methyl sites for hydroxylation is 1. The van der Waals surface area contributed by atoms with E-state index in [4.69, 9.17) is 0 Å². The molecule has 0 N–H and O–H groups in total. The maximum Gasteiger partial charge on any atom is 0.256 e. The van der Waals surface area contributed by atoms with Crippen LogP contribution in [-0.4, -0.2) is 4.57 Å². The smallest absolute Gasteiger partial charge is 0.234 e. The minimum absolute atomic E-state index is 0.577. The van der Waals surface area contributed by atoms with Gasteiger partial charge in [0.25, 0.3) is 5.82 Å². The Kier molecular flexibility index (Phi) is 7.85. The van der Waals surface area contributed by atoms with Crippen molar-refractivity contribution in [3.8, 4) is 0 Å². The van der Waals surface area contributed by atoms with Crippen LogP contribution in [0.2, 0.25) is 0 Å². The number of aromatic nitrogens is 2. The van der Waals surface area contributed by atoms with E-state index in [1.54, 1.807) is 0 Å². The van der Waals surface area contributed by atoms with E-state index in [2.05, 4.69) is 49.2 Å². The first kappa shape index (κ1) is 16.3. The van der Waals surface area contributed by atoms with E-state index in [0.717, 1.165) is 0 Å². The van der Waals surface area contributed by atoms with E-state index in [1.807, 2.05) is 0 Å². The predicted octanol–water partition coefficient (Wildman–Crippen LogP) is 4.67. The molecular formula is C17H33N2+. The van der Waals surface area contributed by atoms with Gasteiger partial charge in [0.1, 0.15) is 12.4 Å². The molecule has 0 aliphatic rings. The minimum atomic E-state index is 0.577. The molecule has 0 saturated carbocycles. The van der Waals surface area contributed by atoms with Gasteiger partial charge in [0.2, 0.25) is 0 Å². The lowest BCUT2D eigenvalue weighted by Crippen LogP contribution is -2.37. The average molecular weight is 265 g/mol. The highest BCUT2D eigenvalue weighted by molar-refractivity contribution is 4.86. The fourth-order valence-corrected chi connectivity index (χ4v) is 2.66. The normalized spacial score (nSPS) is 11.4. The van der Waals surface area contributed by atoms with Crippen LogP contribution in [0.15, 0.2) is 12.4 Å². The molecule has 0 bridgehead atoms. The van der Waals surface area contributed by atoms with Gasteiger partial charge < -0.3 is 0 Å². The fraction of sp³-hybridized carbons (Fsp3) is 0.824. The molecule has 0 aromatic carbocycles. The molecular weight excluding hydrogens is 232 g/mol. The van der Waals surface area contributed by atoms with Gasteiger partial charge in [-0.05, 0) is 33.1 Å². The second kappa shape index (κ2) is 9.17. The molecule has 0 unspecified atom stereocenters. The van der Waals surface area contributed by atoms with Crippen LogP contribution in [0.3, 0.4) is 0 Å². The standard InChI is InChI=1S/C17H33N2/c1-5-7-9-11-13-18-14-15-19(16(3)4)17(18)12-10-8-6-2/h14-16H,5-13H2,1-4H3/q+1. The molecule has 2 nitrogen and oxygen atoms in total. The van der Waals surface area contributed by atoms with Crippen molar-refractivity contribution in [1.29, 1.82) is 0 Å². The Morgan fingerprint density at radius 3 is 2.32 bits per heavy atom. The number of hydrogen-bond acceptors (Lipinski definition) is 0. The predicted molar refractivity (Wildman–Crippen MR) is 82.4 cm³/mol. The van der Waals surface area contributed by atoms with Gasteiger partial charge in [-0.2, -0.15) is 0 Å². The van der Waals surface area contributed by atoms with E-state index in [9.17, 15) is 0 Å². The van der Waals surface area contributed by atoms with Crippen LogP contribution in [0.25, 0.3) is 0 Å². The lowest BCUT2D eigenvalue weighted by atomic mass is 10.2. The lowest BCUT2D eigenvalue weighted by molar-refractivity contribution is -0.704. The van der Waals surface area contributed by atoms with E-state index >= 15 is 0 Å². The molecule has 1 aromatic heterocycles. The summed E-state index contributed by atoms with van der Waals surface area (Å²) in [7, 11) is 0. The third kappa shape index (κ3) is 5.38. The monoisotopic (exact) mass is 265 g/mol. The Bertz CT molecular complexity index is 339. The van der Waals surface area contributed by atoms with Gasteiger partial charge in [-0.3, -0.25) is 0 Å². The third-order valence-electron chi connectivity index (χ3n) is 3.85. The van der Waals surface area contributed by atoms with Crippen molar-refractivity contribution in [2.45, 2.75) is 91.6 Å². The first-order valence-corrected chi connectivity index (χ1v) is 8.29. The summed E-state index contributed by atoms with van der Waals surface area (Å²) in [5.41, 5.74) is 0. The first-order valence-electron chi connectivity index (χ1n) is 8.29. The highest BCUT2D eigenvalue weighted by Crippen LogP contribution is 2.11. The molecule has 0 amide bonds. The molecule has 0 radical (unpaired) electrons. The Hall–Kier alpha value is -0.790. The number of hydrogen-bond donors (Lipinski definition) is 0. The average Bonchev–Trinajstić information content (AvgIpc) is 2.78. The molecule has 110 valence electrons. The second-order valence-corrected chi connectivity index (χ2v) is 5.93. The molecule has 0 atom stereocenters. The zero-order chi connectivity index (χ0) is 14.1. The van der Waals surface area contributed by atoms with Crippen molar-refractivity contribution in [3.05, 3.63) is 18.2 Å². The number of unbranched alkanes of at least 4 members (excludes halogenated alkanes) is 5. The number of imidazole rings is 1. The molecule has 1 heterocycles. The molecule has 19 heavy (non-hydrogen) atoms. The molecule has 0 spiro atoms. The summed E-state index contributed by atoms with van der Waals surface area (Å²) in [5, 5.41) is 0. The van der Waals surface area contributed by atoms with Crippen LogP contribution in [0.1, 0.15) is 84.5 Å². The van der Waals surface area contributed by atoms with Crippen LogP contribution in [0.5, 0.6) is 0 Å². The second-order valence-electron chi connectivity index (χ2n) is 5.93. The zero-order valence-electron chi connectivity index (χ0n) is 13.5. The maximum atomic E-state index is 2.49. The molecule has 0 aliphatic carbocycles. The van der Waals surface area contributed by atoms with Crippen molar-refractivity contribution in [3.63, 3.8) is 0 Å². The van der Waals surface area contributed by atoms with Crippen molar-refractivity contribution < 1.29 is 4.57 Å². The molecule has 0 fully saturated rings. The summed E-state index contributed by atoms with van der Waals surface area (Å²) in [6.07, 6.45) is 15.1. The Labute approximate surface area is 119 Å². The zero-order valence-corrected chi connectivity index (χ0v) is 13.5. The number of nitrogens with zero attached hydrogens (tertiary/aromatic N) is 2. The Balaban J connectivity index is 2.62. The van der Waals surface area contributed by atoms with Gasteiger partial charge >= 0.3 is 0 Å².